The first-order valence-corrected chi connectivity index (χ1v) is 7.24. The van der Waals surface area contributed by atoms with Gasteiger partial charge in [0.05, 0.1) is 6.07 Å². The first-order valence-electron chi connectivity index (χ1n) is 7.24. The Morgan fingerprint density at radius 3 is 2.71 bits per heavy atom. The molecule has 1 rings (SSSR count). The van der Waals surface area contributed by atoms with Crippen LogP contribution in [0.15, 0.2) is 30.3 Å². The van der Waals surface area contributed by atoms with Gasteiger partial charge in [0.25, 0.3) is 0 Å². The van der Waals surface area contributed by atoms with E-state index in [1.807, 2.05) is 25.1 Å². The van der Waals surface area contributed by atoms with E-state index in [1.54, 1.807) is 0 Å². The molecule has 0 radical (unpaired) electrons. The number of nitrogens with zero attached hydrogens (tertiary/aromatic N) is 2. The molecule has 2 N–H and O–H groups in total. The average Bonchev–Trinajstić information content (AvgIpc) is 2.45. The molecule has 1 amide bonds. The Bertz CT molecular complexity index is 456. The summed E-state index contributed by atoms with van der Waals surface area (Å²) < 4.78 is 0. The van der Waals surface area contributed by atoms with Gasteiger partial charge in [-0.25, -0.2) is 4.79 Å². The minimum Gasteiger partial charge on any atom is -0.465 e. The van der Waals surface area contributed by atoms with Gasteiger partial charge in [-0.3, -0.25) is 4.90 Å². The van der Waals surface area contributed by atoms with Gasteiger partial charge in [-0.2, -0.15) is 5.26 Å². The highest BCUT2D eigenvalue weighted by molar-refractivity contribution is 5.64. The zero-order valence-corrected chi connectivity index (χ0v) is 12.5. The molecule has 1 atom stereocenters. The molecule has 0 bridgehead atoms. The summed E-state index contributed by atoms with van der Waals surface area (Å²) >= 11 is 0. The number of carbonyl (C=O) groups is 1. The van der Waals surface area contributed by atoms with Gasteiger partial charge in [0.2, 0.25) is 0 Å². The minimum atomic E-state index is -0.985. The Morgan fingerprint density at radius 1 is 1.38 bits per heavy atom. The second-order valence-electron chi connectivity index (χ2n) is 5.16. The highest BCUT2D eigenvalue weighted by Crippen LogP contribution is 2.07. The zero-order valence-electron chi connectivity index (χ0n) is 12.5. The van der Waals surface area contributed by atoms with E-state index < -0.39 is 6.09 Å². The van der Waals surface area contributed by atoms with E-state index in [0.717, 1.165) is 32.5 Å². The Balaban J connectivity index is 2.48. The number of amides is 1. The van der Waals surface area contributed by atoms with Crippen molar-refractivity contribution in [1.82, 2.24) is 10.2 Å². The lowest BCUT2D eigenvalue weighted by molar-refractivity contribution is 0.187. The van der Waals surface area contributed by atoms with Gasteiger partial charge in [-0.15, -0.1) is 0 Å². The van der Waals surface area contributed by atoms with Crippen LogP contribution in [-0.2, 0) is 6.54 Å². The first-order chi connectivity index (χ1) is 10.1. The fourth-order valence-electron chi connectivity index (χ4n) is 2.15. The second kappa shape index (κ2) is 9.78. The van der Waals surface area contributed by atoms with E-state index in [-0.39, 0.29) is 6.04 Å². The molecule has 0 fully saturated rings. The molecule has 5 heteroatoms. The minimum absolute atomic E-state index is 0.0725. The third-order valence-electron chi connectivity index (χ3n) is 3.26. The number of benzene rings is 1. The van der Waals surface area contributed by atoms with Crippen LogP contribution < -0.4 is 5.32 Å². The number of hydrogen-bond donors (Lipinski definition) is 2. The van der Waals surface area contributed by atoms with Crippen LogP contribution in [0.25, 0.3) is 0 Å². The van der Waals surface area contributed by atoms with E-state index in [1.165, 1.54) is 5.56 Å². The second-order valence-corrected chi connectivity index (χ2v) is 5.16. The lowest BCUT2D eigenvalue weighted by Gasteiger charge is -2.23. The average molecular weight is 289 g/mol. The first kappa shape index (κ1) is 17.0. The van der Waals surface area contributed by atoms with Gasteiger partial charge in [0.1, 0.15) is 0 Å². The summed E-state index contributed by atoms with van der Waals surface area (Å²) in [4.78, 5) is 12.9. The summed E-state index contributed by atoms with van der Waals surface area (Å²) in [7, 11) is 0. The molecule has 0 aliphatic rings. The highest BCUT2D eigenvalue weighted by Gasteiger charge is 2.10. The fourth-order valence-corrected chi connectivity index (χ4v) is 2.15. The molecule has 1 aromatic rings. The van der Waals surface area contributed by atoms with Crippen LogP contribution in [0.4, 0.5) is 4.79 Å². The van der Waals surface area contributed by atoms with E-state index in [4.69, 9.17) is 10.4 Å². The molecule has 21 heavy (non-hydrogen) atoms. The van der Waals surface area contributed by atoms with Crippen molar-refractivity contribution >= 4 is 6.09 Å². The third-order valence-corrected chi connectivity index (χ3v) is 3.26. The summed E-state index contributed by atoms with van der Waals surface area (Å²) in [5, 5.41) is 19.8. The maximum Gasteiger partial charge on any atom is 0.404 e. The summed E-state index contributed by atoms with van der Waals surface area (Å²) in [6.45, 7) is 4.35. The third kappa shape index (κ3) is 7.95. The quantitative estimate of drug-likeness (QED) is 0.685. The summed E-state index contributed by atoms with van der Waals surface area (Å²) in [5.41, 5.74) is 1.23. The van der Waals surface area contributed by atoms with Gasteiger partial charge in [-0.1, -0.05) is 30.3 Å². The molecule has 1 aromatic carbocycles. The smallest absolute Gasteiger partial charge is 0.404 e. The molecule has 0 saturated carbocycles. The lowest BCUT2D eigenvalue weighted by atomic mass is 10.1. The van der Waals surface area contributed by atoms with Crippen molar-refractivity contribution in [2.75, 3.05) is 13.1 Å². The highest BCUT2D eigenvalue weighted by atomic mass is 16.4. The van der Waals surface area contributed by atoms with Crippen LogP contribution in [0.1, 0.15) is 31.7 Å². The molecule has 0 saturated heterocycles. The molecule has 0 unspecified atom stereocenters. The van der Waals surface area contributed by atoms with Crippen LogP contribution in [0, 0.1) is 11.3 Å². The van der Waals surface area contributed by atoms with Crippen molar-refractivity contribution < 1.29 is 9.90 Å². The van der Waals surface area contributed by atoms with Crippen LogP contribution >= 0.6 is 0 Å². The normalized spacial score (nSPS) is 11.9. The molecule has 0 aliphatic carbocycles. The Hall–Kier alpha value is -2.06. The molecule has 5 nitrogen and oxygen atoms in total. The molecule has 0 heterocycles. The van der Waals surface area contributed by atoms with Crippen molar-refractivity contribution in [3.05, 3.63) is 35.9 Å². The van der Waals surface area contributed by atoms with Crippen LogP contribution in [0.5, 0.6) is 0 Å². The number of nitrogens with one attached hydrogen (secondary N) is 1. The molecular formula is C16H23N3O2. The van der Waals surface area contributed by atoms with Crippen molar-refractivity contribution in [3.63, 3.8) is 0 Å². The zero-order chi connectivity index (χ0) is 15.5. The number of hydrogen-bond acceptors (Lipinski definition) is 3. The Labute approximate surface area is 126 Å². The fraction of sp³-hybridized carbons (Fsp3) is 0.500. The SMILES string of the molecule is C[C@H](CCN(CCCC#N)Cc1ccccc1)NC(=O)O. The van der Waals surface area contributed by atoms with Gasteiger partial charge in [0, 0.05) is 25.6 Å². The maximum absolute atomic E-state index is 10.6. The molecular weight excluding hydrogens is 266 g/mol. The van der Waals surface area contributed by atoms with E-state index >= 15 is 0 Å². The van der Waals surface area contributed by atoms with Gasteiger partial charge < -0.3 is 10.4 Å². The summed E-state index contributed by atoms with van der Waals surface area (Å²) in [5.74, 6) is 0. The number of carboxylic acid groups (broad SMARTS) is 1. The van der Waals surface area contributed by atoms with Gasteiger partial charge in [0.15, 0.2) is 0 Å². The van der Waals surface area contributed by atoms with Crippen LogP contribution in [0.3, 0.4) is 0 Å². The van der Waals surface area contributed by atoms with Crippen LogP contribution in [-0.4, -0.2) is 35.2 Å². The summed E-state index contributed by atoms with van der Waals surface area (Å²) in [6, 6.07) is 12.3. The number of unbranched alkanes of at least 4 members (excludes halogenated alkanes) is 1. The molecule has 0 spiro atoms. The maximum atomic E-state index is 10.6. The molecule has 114 valence electrons. The van der Waals surface area contributed by atoms with E-state index in [2.05, 4.69) is 28.4 Å². The Morgan fingerprint density at radius 2 is 2.10 bits per heavy atom. The molecule has 0 aromatic heterocycles. The van der Waals surface area contributed by atoms with Gasteiger partial charge in [-0.05, 0) is 31.9 Å². The number of rotatable bonds is 9. The summed E-state index contributed by atoms with van der Waals surface area (Å²) in [6.07, 6.45) is 1.16. The predicted octanol–water partition coefficient (Wildman–Crippen LogP) is 2.84. The molecule has 0 aliphatic heterocycles. The topological polar surface area (TPSA) is 76.4 Å². The van der Waals surface area contributed by atoms with E-state index in [0.29, 0.717) is 6.42 Å². The predicted molar refractivity (Wildman–Crippen MR) is 81.8 cm³/mol. The van der Waals surface area contributed by atoms with Gasteiger partial charge >= 0.3 is 6.09 Å². The van der Waals surface area contributed by atoms with Crippen molar-refractivity contribution in [3.8, 4) is 6.07 Å². The van der Waals surface area contributed by atoms with E-state index in [9.17, 15) is 4.79 Å². The Kier molecular flexibility index (Phi) is 7.92. The largest absolute Gasteiger partial charge is 0.465 e. The lowest BCUT2D eigenvalue weighted by Crippen LogP contribution is -2.35. The van der Waals surface area contributed by atoms with Crippen LogP contribution in [0.2, 0.25) is 0 Å². The van der Waals surface area contributed by atoms with Crippen molar-refractivity contribution in [2.45, 2.75) is 38.8 Å². The number of nitriles is 1. The standard InChI is InChI=1S/C16H23N3O2/c1-14(18-16(20)21)9-12-19(11-6-5-10-17)13-15-7-3-2-4-8-15/h2-4,7-8,14,18H,5-6,9,11-13H2,1H3,(H,20,21)/t14-/m1/s1. The monoisotopic (exact) mass is 289 g/mol. The van der Waals surface area contributed by atoms with Crippen molar-refractivity contribution in [1.29, 1.82) is 5.26 Å². The van der Waals surface area contributed by atoms with Crippen molar-refractivity contribution in [2.24, 2.45) is 0 Å².